The highest BCUT2D eigenvalue weighted by Crippen LogP contribution is 2.26. The molecule has 2 unspecified atom stereocenters. The lowest BCUT2D eigenvalue weighted by Crippen LogP contribution is -2.42. The Balaban J connectivity index is 1.98. The van der Waals surface area contributed by atoms with Gasteiger partial charge in [-0.1, -0.05) is 6.42 Å². The first-order chi connectivity index (χ1) is 5.36. The minimum absolute atomic E-state index is 0.0602. The van der Waals surface area contributed by atoms with Crippen LogP contribution in [0.1, 0.15) is 25.7 Å². The van der Waals surface area contributed by atoms with E-state index in [4.69, 9.17) is 9.47 Å². The lowest BCUT2D eigenvalue weighted by molar-refractivity contribution is -0.187. The van der Waals surface area contributed by atoms with Crippen LogP contribution in [0.3, 0.4) is 0 Å². The minimum Gasteiger partial charge on any atom is -0.458 e. The third-order valence-electron chi connectivity index (χ3n) is 2.34. The van der Waals surface area contributed by atoms with Crippen molar-refractivity contribution in [3.63, 3.8) is 0 Å². The van der Waals surface area contributed by atoms with Gasteiger partial charge in [-0.15, -0.1) is 0 Å². The summed E-state index contributed by atoms with van der Waals surface area (Å²) in [4.78, 5) is 10.8. The van der Waals surface area contributed by atoms with E-state index in [1.54, 1.807) is 0 Å². The molecular formula is C8H12O3. The first kappa shape index (κ1) is 7.10. The van der Waals surface area contributed by atoms with Gasteiger partial charge in [0.1, 0.15) is 12.7 Å². The molecule has 0 aromatic heterocycles. The molecule has 0 spiro atoms. The molecule has 3 nitrogen and oxygen atoms in total. The maximum absolute atomic E-state index is 10.8. The van der Waals surface area contributed by atoms with E-state index in [1.807, 2.05) is 0 Å². The molecule has 0 aromatic carbocycles. The molecular weight excluding hydrogens is 144 g/mol. The summed E-state index contributed by atoms with van der Waals surface area (Å²) >= 11 is 0. The lowest BCUT2D eigenvalue weighted by atomic mass is 9.94. The summed E-state index contributed by atoms with van der Waals surface area (Å²) in [5.74, 6) is -0.201. The molecule has 1 saturated carbocycles. The van der Waals surface area contributed by atoms with E-state index in [9.17, 15) is 4.79 Å². The average Bonchev–Trinajstić information content (AvgIpc) is 2.04. The van der Waals surface area contributed by atoms with E-state index in [0.29, 0.717) is 0 Å². The topological polar surface area (TPSA) is 35.5 Å². The van der Waals surface area contributed by atoms with E-state index >= 15 is 0 Å². The van der Waals surface area contributed by atoms with Crippen molar-refractivity contribution >= 4 is 5.97 Å². The zero-order valence-corrected chi connectivity index (χ0v) is 6.41. The fourth-order valence-electron chi connectivity index (χ4n) is 1.77. The normalized spacial score (nSPS) is 37.6. The highest BCUT2D eigenvalue weighted by Gasteiger charge is 2.33. The Kier molecular flexibility index (Phi) is 1.82. The van der Waals surface area contributed by atoms with Crippen LogP contribution in [0.15, 0.2) is 0 Å². The Morgan fingerprint density at radius 3 is 2.73 bits per heavy atom. The Labute approximate surface area is 65.7 Å². The van der Waals surface area contributed by atoms with Crippen LogP contribution in [-0.2, 0) is 14.3 Å². The van der Waals surface area contributed by atoms with Gasteiger partial charge in [-0.3, -0.25) is 0 Å². The summed E-state index contributed by atoms with van der Waals surface area (Å²) < 4.78 is 10.4. The molecule has 0 bridgehead atoms. The van der Waals surface area contributed by atoms with Gasteiger partial charge in [0, 0.05) is 0 Å². The van der Waals surface area contributed by atoms with Gasteiger partial charge in [0.05, 0.1) is 6.10 Å². The highest BCUT2D eigenvalue weighted by molar-refractivity contribution is 5.71. The quantitative estimate of drug-likeness (QED) is 0.488. The van der Waals surface area contributed by atoms with Gasteiger partial charge in [0.2, 0.25) is 0 Å². The number of carbonyl (C=O) groups is 1. The van der Waals surface area contributed by atoms with Crippen LogP contribution in [0.5, 0.6) is 0 Å². The van der Waals surface area contributed by atoms with Crippen molar-refractivity contribution in [2.75, 3.05) is 6.61 Å². The van der Waals surface area contributed by atoms with Crippen LogP contribution in [-0.4, -0.2) is 24.8 Å². The third-order valence-corrected chi connectivity index (χ3v) is 2.34. The molecule has 2 fully saturated rings. The summed E-state index contributed by atoms with van der Waals surface area (Å²) in [7, 11) is 0. The number of hydrogen-bond acceptors (Lipinski definition) is 3. The molecule has 1 aliphatic heterocycles. The molecule has 2 aliphatic rings. The van der Waals surface area contributed by atoms with Crippen LogP contribution in [0.4, 0.5) is 0 Å². The second kappa shape index (κ2) is 2.81. The van der Waals surface area contributed by atoms with Crippen LogP contribution < -0.4 is 0 Å². The average molecular weight is 156 g/mol. The first-order valence-corrected chi connectivity index (χ1v) is 4.17. The zero-order valence-electron chi connectivity index (χ0n) is 6.41. The van der Waals surface area contributed by atoms with Crippen molar-refractivity contribution in [2.24, 2.45) is 0 Å². The molecule has 2 rings (SSSR count). The van der Waals surface area contributed by atoms with Gasteiger partial charge < -0.3 is 9.47 Å². The molecule has 1 aliphatic carbocycles. The standard InChI is InChI=1S/C8H12O3/c9-8-5-10-6-3-1-2-4-7(6)11-8/h6-7H,1-5H2. The maximum atomic E-state index is 10.8. The Morgan fingerprint density at radius 1 is 1.18 bits per heavy atom. The van der Waals surface area contributed by atoms with Crippen LogP contribution in [0.25, 0.3) is 0 Å². The largest absolute Gasteiger partial charge is 0.458 e. The summed E-state index contributed by atoms with van der Waals surface area (Å²) in [6.07, 6.45) is 4.66. The number of rotatable bonds is 0. The van der Waals surface area contributed by atoms with E-state index in [-0.39, 0.29) is 24.8 Å². The number of carbonyl (C=O) groups excluding carboxylic acids is 1. The zero-order chi connectivity index (χ0) is 7.68. The molecule has 0 radical (unpaired) electrons. The van der Waals surface area contributed by atoms with E-state index in [2.05, 4.69) is 0 Å². The molecule has 0 N–H and O–H groups in total. The fraction of sp³-hybridized carbons (Fsp3) is 0.875. The fourth-order valence-corrected chi connectivity index (χ4v) is 1.77. The molecule has 0 amide bonds. The van der Waals surface area contributed by atoms with Crippen molar-refractivity contribution in [3.05, 3.63) is 0 Å². The Morgan fingerprint density at radius 2 is 1.91 bits per heavy atom. The second-order valence-electron chi connectivity index (χ2n) is 3.16. The first-order valence-electron chi connectivity index (χ1n) is 4.17. The summed E-state index contributed by atoms with van der Waals surface area (Å²) in [6.45, 7) is 0.154. The Bertz CT molecular complexity index is 167. The maximum Gasteiger partial charge on any atom is 0.332 e. The lowest BCUT2D eigenvalue weighted by Gasteiger charge is -2.34. The summed E-state index contributed by atoms with van der Waals surface area (Å²) in [5, 5.41) is 0. The number of esters is 1. The summed E-state index contributed by atoms with van der Waals surface area (Å²) in [5.41, 5.74) is 0. The number of ether oxygens (including phenoxy) is 2. The van der Waals surface area contributed by atoms with Gasteiger partial charge >= 0.3 is 5.97 Å². The molecule has 1 heterocycles. The van der Waals surface area contributed by atoms with E-state index in [1.165, 1.54) is 6.42 Å². The highest BCUT2D eigenvalue weighted by atomic mass is 16.6. The molecule has 62 valence electrons. The van der Waals surface area contributed by atoms with Crippen LogP contribution in [0.2, 0.25) is 0 Å². The number of fused-ring (bicyclic) bond motifs is 1. The van der Waals surface area contributed by atoms with Crippen molar-refractivity contribution in [1.29, 1.82) is 0 Å². The Hall–Kier alpha value is -0.570. The van der Waals surface area contributed by atoms with Gasteiger partial charge in [-0.2, -0.15) is 0 Å². The van der Waals surface area contributed by atoms with Crippen LogP contribution >= 0.6 is 0 Å². The second-order valence-corrected chi connectivity index (χ2v) is 3.16. The molecule has 11 heavy (non-hydrogen) atoms. The smallest absolute Gasteiger partial charge is 0.332 e. The van der Waals surface area contributed by atoms with Gasteiger partial charge in [-0.25, -0.2) is 4.79 Å². The summed E-state index contributed by atoms with van der Waals surface area (Å²) in [6, 6.07) is 0. The molecule has 1 saturated heterocycles. The molecule has 2 atom stereocenters. The van der Waals surface area contributed by atoms with Crippen molar-refractivity contribution < 1.29 is 14.3 Å². The van der Waals surface area contributed by atoms with Crippen molar-refractivity contribution in [1.82, 2.24) is 0 Å². The third kappa shape index (κ3) is 1.38. The van der Waals surface area contributed by atoms with Crippen LogP contribution in [0, 0.1) is 0 Å². The van der Waals surface area contributed by atoms with E-state index in [0.717, 1.165) is 19.3 Å². The SMILES string of the molecule is O=C1COC2CCCCC2O1. The molecule has 0 aromatic rings. The monoisotopic (exact) mass is 156 g/mol. The number of hydrogen-bond donors (Lipinski definition) is 0. The van der Waals surface area contributed by atoms with Gasteiger partial charge in [0.25, 0.3) is 0 Å². The minimum atomic E-state index is -0.201. The van der Waals surface area contributed by atoms with E-state index < -0.39 is 0 Å². The van der Waals surface area contributed by atoms with Crippen molar-refractivity contribution in [3.8, 4) is 0 Å². The van der Waals surface area contributed by atoms with Crippen molar-refractivity contribution in [2.45, 2.75) is 37.9 Å². The predicted molar refractivity (Wildman–Crippen MR) is 38.1 cm³/mol. The molecule has 3 heteroatoms. The van der Waals surface area contributed by atoms with Gasteiger partial charge in [0.15, 0.2) is 0 Å². The van der Waals surface area contributed by atoms with Gasteiger partial charge in [-0.05, 0) is 19.3 Å². The predicted octanol–water partition coefficient (Wildman–Crippen LogP) is 0.871.